The third-order valence-electron chi connectivity index (χ3n) is 3.45. The first-order chi connectivity index (χ1) is 9.13. The molecule has 0 radical (unpaired) electrons. The quantitative estimate of drug-likeness (QED) is 0.865. The van der Waals surface area contributed by atoms with Crippen LogP contribution in [0.25, 0.3) is 11.0 Å². The van der Waals surface area contributed by atoms with E-state index in [1.165, 1.54) is 12.1 Å². The molecule has 0 spiro atoms. The van der Waals surface area contributed by atoms with Crippen molar-refractivity contribution in [2.75, 3.05) is 14.2 Å². The number of benzene rings is 1. The average Bonchev–Trinajstić information content (AvgIpc) is 2.81. The van der Waals surface area contributed by atoms with E-state index in [0.29, 0.717) is 0 Å². The number of halogens is 1. The van der Waals surface area contributed by atoms with Gasteiger partial charge in [-0.2, -0.15) is 0 Å². The Kier molecular flexibility index (Phi) is 4.56. The zero-order chi connectivity index (χ0) is 13.8. The van der Waals surface area contributed by atoms with Crippen molar-refractivity contribution in [3.05, 3.63) is 35.8 Å². The molecule has 1 aromatic carbocycles. The van der Waals surface area contributed by atoms with Crippen molar-refractivity contribution in [1.29, 1.82) is 0 Å². The van der Waals surface area contributed by atoms with Crippen LogP contribution in [0, 0.1) is 5.82 Å². The van der Waals surface area contributed by atoms with E-state index in [9.17, 15) is 4.39 Å². The van der Waals surface area contributed by atoms with Crippen LogP contribution in [0.1, 0.15) is 31.6 Å². The second-order valence-electron chi connectivity index (χ2n) is 4.80. The first-order valence-corrected chi connectivity index (χ1v) is 6.53. The molecule has 0 aliphatic rings. The Hall–Kier alpha value is -1.39. The van der Waals surface area contributed by atoms with E-state index in [0.717, 1.165) is 29.6 Å². The van der Waals surface area contributed by atoms with Crippen molar-refractivity contribution >= 4 is 11.0 Å². The van der Waals surface area contributed by atoms with Crippen LogP contribution in [0.15, 0.2) is 28.7 Å². The molecule has 0 amide bonds. The first kappa shape index (κ1) is 14.0. The molecule has 2 aromatic rings. The third-order valence-corrected chi connectivity index (χ3v) is 3.45. The van der Waals surface area contributed by atoms with Gasteiger partial charge in [0.1, 0.15) is 17.2 Å². The van der Waals surface area contributed by atoms with Gasteiger partial charge in [-0.3, -0.25) is 0 Å². The van der Waals surface area contributed by atoms with Crippen LogP contribution in [-0.4, -0.2) is 20.3 Å². The molecule has 104 valence electrons. The highest BCUT2D eigenvalue weighted by atomic mass is 19.1. The van der Waals surface area contributed by atoms with Crippen molar-refractivity contribution in [1.82, 2.24) is 5.32 Å². The smallest absolute Gasteiger partial charge is 0.134 e. The minimum atomic E-state index is -0.242. The lowest BCUT2D eigenvalue weighted by atomic mass is 10.1. The van der Waals surface area contributed by atoms with E-state index in [1.807, 2.05) is 20.0 Å². The van der Waals surface area contributed by atoms with Crippen molar-refractivity contribution in [2.45, 2.75) is 31.9 Å². The molecule has 0 fully saturated rings. The van der Waals surface area contributed by atoms with Gasteiger partial charge in [0.05, 0.1) is 12.1 Å². The molecule has 19 heavy (non-hydrogen) atoms. The van der Waals surface area contributed by atoms with Crippen LogP contribution in [0.3, 0.4) is 0 Å². The van der Waals surface area contributed by atoms with Crippen LogP contribution in [0.5, 0.6) is 0 Å². The zero-order valence-corrected chi connectivity index (χ0v) is 11.6. The second-order valence-corrected chi connectivity index (χ2v) is 4.80. The average molecular weight is 265 g/mol. The zero-order valence-electron chi connectivity index (χ0n) is 11.6. The van der Waals surface area contributed by atoms with Gasteiger partial charge in [-0.15, -0.1) is 0 Å². The lowest BCUT2D eigenvalue weighted by molar-refractivity contribution is 0.105. The van der Waals surface area contributed by atoms with Gasteiger partial charge in [0.2, 0.25) is 0 Å². The highest BCUT2D eigenvalue weighted by molar-refractivity contribution is 5.78. The molecule has 1 heterocycles. The summed E-state index contributed by atoms with van der Waals surface area (Å²) in [5, 5.41) is 4.03. The topological polar surface area (TPSA) is 34.4 Å². The van der Waals surface area contributed by atoms with Crippen LogP contribution < -0.4 is 5.32 Å². The maximum atomic E-state index is 13.2. The van der Waals surface area contributed by atoms with Crippen LogP contribution in [-0.2, 0) is 4.74 Å². The van der Waals surface area contributed by atoms with Gasteiger partial charge in [-0.25, -0.2) is 4.39 Å². The Bertz CT molecular complexity index is 538. The van der Waals surface area contributed by atoms with Crippen molar-refractivity contribution < 1.29 is 13.5 Å². The van der Waals surface area contributed by atoms with Gasteiger partial charge in [-0.1, -0.05) is 0 Å². The highest BCUT2D eigenvalue weighted by Gasteiger charge is 2.16. The summed E-state index contributed by atoms with van der Waals surface area (Å²) in [5.74, 6) is 0.597. The Labute approximate surface area is 112 Å². The molecule has 1 aromatic heterocycles. The van der Waals surface area contributed by atoms with E-state index in [4.69, 9.17) is 9.15 Å². The number of furan rings is 1. The fraction of sp³-hybridized carbons (Fsp3) is 0.467. The Morgan fingerprint density at radius 2 is 2.11 bits per heavy atom. The molecular weight excluding hydrogens is 245 g/mol. The Morgan fingerprint density at radius 1 is 1.32 bits per heavy atom. The largest absolute Gasteiger partial charge is 0.459 e. The molecule has 1 N–H and O–H groups in total. The number of rotatable bonds is 6. The number of fused-ring (bicyclic) bond motifs is 1. The molecule has 4 heteroatoms. The van der Waals surface area contributed by atoms with Gasteiger partial charge in [0.15, 0.2) is 0 Å². The number of hydrogen-bond donors (Lipinski definition) is 1. The van der Waals surface area contributed by atoms with Gasteiger partial charge in [0.25, 0.3) is 0 Å². The summed E-state index contributed by atoms with van der Waals surface area (Å²) in [6.07, 6.45) is 2.07. The van der Waals surface area contributed by atoms with Crippen LogP contribution in [0.2, 0.25) is 0 Å². The third kappa shape index (κ3) is 3.33. The summed E-state index contributed by atoms with van der Waals surface area (Å²) in [6.45, 7) is 2.04. The number of methoxy groups -OCH3 is 1. The molecule has 0 bridgehead atoms. The van der Waals surface area contributed by atoms with Gasteiger partial charge in [-0.05, 0) is 51.1 Å². The van der Waals surface area contributed by atoms with E-state index in [-0.39, 0.29) is 18.0 Å². The first-order valence-electron chi connectivity index (χ1n) is 6.53. The SMILES string of the molecule is CNC(CCC(C)OC)c1cc2cc(F)ccc2o1. The molecule has 2 unspecified atom stereocenters. The minimum absolute atomic E-state index is 0.119. The van der Waals surface area contributed by atoms with E-state index in [2.05, 4.69) is 5.32 Å². The molecule has 0 saturated heterocycles. The van der Waals surface area contributed by atoms with Gasteiger partial charge >= 0.3 is 0 Å². The molecule has 3 nitrogen and oxygen atoms in total. The molecule has 2 rings (SSSR count). The lowest BCUT2D eigenvalue weighted by Crippen LogP contribution is -2.18. The standard InChI is InChI=1S/C15H20FNO2/c1-10(18-3)4-6-13(17-2)15-9-11-8-12(16)5-7-14(11)19-15/h5,7-10,13,17H,4,6H2,1-3H3. The predicted molar refractivity (Wildman–Crippen MR) is 73.7 cm³/mol. The van der Waals surface area contributed by atoms with Crippen LogP contribution >= 0.6 is 0 Å². The summed E-state index contributed by atoms with van der Waals surface area (Å²) < 4.78 is 24.2. The Morgan fingerprint density at radius 3 is 2.79 bits per heavy atom. The van der Waals surface area contributed by atoms with Gasteiger partial charge in [0, 0.05) is 12.5 Å². The number of ether oxygens (including phenoxy) is 1. The number of nitrogens with one attached hydrogen (secondary N) is 1. The fourth-order valence-electron chi connectivity index (χ4n) is 2.15. The monoisotopic (exact) mass is 265 g/mol. The van der Waals surface area contributed by atoms with E-state index >= 15 is 0 Å². The van der Waals surface area contributed by atoms with E-state index < -0.39 is 0 Å². The predicted octanol–water partition coefficient (Wildman–Crippen LogP) is 3.65. The summed E-state index contributed by atoms with van der Waals surface area (Å²) in [7, 11) is 3.61. The maximum absolute atomic E-state index is 13.2. The maximum Gasteiger partial charge on any atom is 0.134 e. The van der Waals surface area contributed by atoms with Gasteiger partial charge < -0.3 is 14.5 Å². The summed E-state index contributed by atoms with van der Waals surface area (Å²) in [5.41, 5.74) is 0.719. The minimum Gasteiger partial charge on any atom is -0.459 e. The Balaban J connectivity index is 2.16. The van der Waals surface area contributed by atoms with Crippen molar-refractivity contribution in [3.63, 3.8) is 0 Å². The van der Waals surface area contributed by atoms with Crippen molar-refractivity contribution in [3.8, 4) is 0 Å². The summed E-state index contributed by atoms with van der Waals surface area (Å²) in [4.78, 5) is 0. The number of hydrogen-bond acceptors (Lipinski definition) is 3. The highest BCUT2D eigenvalue weighted by Crippen LogP contribution is 2.27. The van der Waals surface area contributed by atoms with E-state index in [1.54, 1.807) is 13.2 Å². The molecule has 0 aliphatic carbocycles. The fourth-order valence-corrected chi connectivity index (χ4v) is 2.15. The molecule has 2 atom stereocenters. The summed E-state index contributed by atoms with van der Waals surface area (Å²) in [6, 6.07) is 6.59. The molecule has 0 aliphatic heterocycles. The summed E-state index contributed by atoms with van der Waals surface area (Å²) >= 11 is 0. The molecule has 0 saturated carbocycles. The molecular formula is C15H20FNO2. The lowest BCUT2D eigenvalue weighted by Gasteiger charge is -2.16. The van der Waals surface area contributed by atoms with Crippen molar-refractivity contribution in [2.24, 2.45) is 0 Å². The van der Waals surface area contributed by atoms with Crippen LogP contribution in [0.4, 0.5) is 4.39 Å². The second kappa shape index (κ2) is 6.17. The normalized spacial score (nSPS) is 14.7.